The van der Waals surface area contributed by atoms with E-state index in [0.29, 0.717) is 18.0 Å². The molecule has 0 saturated carbocycles. The summed E-state index contributed by atoms with van der Waals surface area (Å²) in [4.78, 5) is 0. The summed E-state index contributed by atoms with van der Waals surface area (Å²) in [6, 6.07) is 8.10. The monoisotopic (exact) mass is 490 g/mol. The Morgan fingerprint density at radius 3 is 2.25 bits per heavy atom. The van der Waals surface area contributed by atoms with E-state index in [-0.39, 0.29) is 5.41 Å². The number of ether oxygens (including phenoxy) is 2. The average Bonchev–Trinajstić information content (AvgIpc) is 2.88. The van der Waals surface area contributed by atoms with Crippen LogP contribution >= 0.6 is 0 Å². The van der Waals surface area contributed by atoms with Gasteiger partial charge in [0.2, 0.25) is 0 Å². The summed E-state index contributed by atoms with van der Waals surface area (Å²) < 4.78 is 11.6. The van der Waals surface area contributed by atoms with Crippen molar-refractivity contribution >= 4 is 0 Å². The van der Waals surface area contributed by atoms with E-state index in [9.17, 15) is 0 Å². The van der Waals surface area contributed by atoms with E-state index >= 15 is 0 Å². The number of benzene rings is 1. The highest BCUT2D eigenvalue weighted by Gasteiger charge is 2.22. The number of nitrogens with two attached hydrogens (primary N) is 2. The number of hydrogen-bond acceptors (Lipinski definition) is 4. The van der Waals surface area contributed by atoms with Crippen LogP contribution in [-0.4, -0.2) is 6.54 Å². The van der Waals surface area contributed by atoms with Crippen LogP contribution in [0.15, 0.2) is 121 Å². The Balaban J connectivity index is 0.00000596. The van der Waals surface area contributed by atoms with Crippen LogP contribution in [0, 0.1) is 0 Å². The van der Waals surface area contributed by atoms with Gasteiger partial charge < -0.3 is 20.9 Å². The van der Waals surface area contributed by atoms with Gasteiger partial charge in [0.1, 0.15) is 17.3 Å². The predicted molar refractivity (Wildman–Crippen MR) is 157 cm³/mol. The molecule has 4 nitrogen and oxygen atoms in total. The van der Waals surface area contributed by atoms with E-state index in [1.807, 2.05) is 69.4 Å². The third kappa shape index (κ3) is 12.3. The molecule has 1 rings (SSSR count). The first-order valence-electron chi connectivity index (χ1n) is 12.6. The topological polar surface area (TPSA) is 70.5 Å². The molecule has 1 aromatic carbocycles. The molecule has 0 aliphatic rings. The first kappa shape index (κ1) is 32.5. The average molecular weight is 491 g/mol. The van der Waals surface area contributed by atoms with E-state index < -0.39 is 0 Å². The maximum atomic E-state index is 5.98. The van der Waals surface area contributed by atoms with Crippen molar-refractivity contribution in [1.29, 1.82) is 0 Å². The fourth-order valence-electron chi connectivity index (χ4n) is 2.92. The Morgan fingerprint density at radius 2 is 1.69 bits per heavy atom. The largest absolute Gasteiger partial charge is 0.465 e. The first-order valence-corrected chi connectivity index (χ1v) is 12.6. The van der Waals surface area contributed by atoms with Gasteiger partial charge in [0, 0.05) is 17.7 Å². The Bertz CT molecular complexity index is 985. The highest BCUT2D eigenvalue weighted by atomic mass is 16.5. The summed E-state index contributed by atoms with van der Waals surface area (Å²) in [5.41, 5.74) is 14.2. The lowest BCUT2D eigenvalue weighted by molar-refractivity contribution is 0.334. The third-order valence-electron chi connectivity index (χ3n) is 5.25. The molecular formula is C32H46N2O2. The fraction of sp³-hybridized carbons (Fsp3) is 0.312. The zero-order valence-electron chi connectivity index (χ0n) is 23.3. The second kappa shape index (κ2) is 18.8. The summed E-state index contributed by atoms with van der Waals surface area (Å²) in [7, 11) is 0. The van der Waals surface area contributed by atoms with Gasteiger partial charge in [0.05, 0.1) is 6.26 Å². The van der Waals surface area contributed by atoms with Crippen molar-refractivity contribution in [3.8, 4) is 5.75 Å². The molecule has 0 heterocycles. The van der Waals surface area contributed by atoms with Gasteiger partial charge in [-0.3, -0.25) is 0 Å². The lowest BCUT2D eigenvalue weighted by atomic mass is 9.78. The molecule has 0 radical (unpaired) electrons. The Hall–Kier alpha value is -3.50. The quantitative estimate of drug-likeness (QED) is 0.216. The van der Waals surface area contributed by atoms with E-state index in [0.717, 1.165) is 17.9 Å². The van der Waals surface area contributed by atoms with Crippen molar-refractivity contribution < 1.29 is 9.47 Å². The molecule has 0 saturated heterocycles. The van der Waals surface area contributed by atoms with Crippen LogP contribution in [0.25, 0.3) is 0 Å². The van der Waals surface area contributed by atoms with Crippen LogP contribution in [-0.2, 0) is 10.2 Å². The predicted octanol–water partition coefficient (Wildman–Crippen LogP) is 8.14. The van der Waals surface area contributed by atoms with E-state index in [1.165, 1.54) is 11.1 Å². The molecule has 0 atom stereocenters. The number of rotatable bonds is 13. The van der Waals surface area contributed by atoms with Gasteiger partial charge in [0.25, 0.3) is 0 Å². The Kier molecular flexibility index (Phi) is 17.0. The molecule has 0 aromatic heterocycles. The maximum Gasteiger partial charge on any atom is 0.126 e. The summed E-state index contributed by atoms with van der Waals surface area (Å²) in [5.74, 6) is 2.20. The van der Waals surface area contributed by atoms with Crippen LogP contribution in [0.4, 0.5) is 0 Å². The molecule has 4 heteroatoms. The minimum absolute atomic E-state index is 0.178. The van der Waals surface area contributed by atoms with Gasteiger partial charge in [-0.25, -0.2) is 0 Å². The van der Waals surface area contributed by atoms with Gasteiger partial charge >= 0.3 is 0 Å². The SMILES string of the molecule is C=C/C(=C\C=C(/C)C(C)(C)c1ccc(O/C=C/C=C(N)\C=C/C)cc1)OC(/C=C\CN)=C/CC.CC. The first-order chi connectivity index (χ1) is 17.3. The van der Waals surface area contributed by atoms with Crippen molar-refractivity contribution in [1.82, 2.24) is 0 Å². The molecule has 36 heavy (non-hydrogen) atoms. The molecule has 0 amide bonds. The van der Waals surface area contributed by atoms with Crippen molar-refractivity contribution in [2.75, 3.05) is 6.54 Å². The van der Waals surface area contributed by atoms with Gasteiger partial charge in [-0.05, 0) is 80.5 Å². The zero-order valence-corrected chi connectivity index (χ0v) is 23.3. The van der Waals surface area contributed by atoms with Crippen LogP contribution in [0.1, 0.15) is 60.5 Å². The minimum atomic E-state index is -0.178. The number of allylic oxidation sites excluding steroid dienone is 10. The minimum Gasteiger partial charge on any atom is -0.465 e. The molecule has 0 aliphatic carbocycles. The normalized spacial score (nSPS) is 13.8. The molecule has 0 aliphatic heterocycles. The second-order valence-corrected chi connectivity index (χ2v) is 8.14. The van der Waals surface area contributed by atoms with Gasteiger partial charge in [0.15, 0.2) is 0 Å². The summed E-state index contributed by atoms with van der Waals surface area (Å²) in [5, 5.41) is 0. The fourth-order valence-corrected chi connectivity index (χ4v) is 2.92. The maximum absolute atomic E-state index is 5.98. The number of hydrogen-bond donors (Lipinski definition) is 2. The third-order valence-corrected chi connectivity index (χ3v) is 5.25. The van der Waals surface area contributed by atoms with Gasteiger partial charge in [-0.2, -0.15) is 0 Å². The van der Waals surface area contributed by atoms with Crippen molar-refractivity contribution in [2.45, 2.75) is 60.3 Å². The van der Waals surface area contributed by atoms with Crippen molar-refractivity contribution in [3.63, 3.8) is 0 Å². The van der Waals surface area contributed by atoms with Gasteiger partial charge in [-0.15, -0.1) is 0 Å². The van der Waals surface area contributed by atoms with E-state index in [2.05, 4.69) is 52.5 Å². The van der Waals surface area contributed by atoms with Crippen molar-refractivity contribution in [3.05, 3.63) is 126 Å². The Labute approximate surface area is 219 Å². The molecule has 196 valence electrons. The van der Waals surface area contributed by atoms with E-state index in [4.69, 9.17) is 20.9 Å². The van der Waals surface area contributed by atoms with E-state index in [1.54, 1.807) is 24.5 Å². The molecule has 0 spiro atoms. The standard InChI is InChI=1S/C30H40N2O2.C2H6/c1-7-12-26(32)14-11-23-33-28-20-17-25(18-21-28)30(5,6)24(4)16-19-27(9-3)34-29(13-8-2)15-10-22-31;1-2/h7,9-21,23H,3,8,22,31-32H2,1-2,4-6H3;1-2H3/b12-7-,15-10-,23-11+,24-16+,26-14+,27-19+,29-13+;. The van der Waals surface area contributed by atoms with Crippen LogP contribution in [0.2, 0.25) is 0 Å². The summed E-state index contributed by atoms with van der Waals surface area (Å²) >= 11 is 0. The summed E-state index contributed by atoms with van der Waals surface area (Å²) in [6.07, 6.45) is 21.2. The molecule has 0 fully saturated rings. The lowest BCUT2D eigenvalue weighted by Crippen LogP contribution is -2.18. The Morgan fingerprint density at radius 1 is 1.03 bits per heavy atom. The smallest absolute Gasteiger partial charge is 0.126 e. The molecule has 0 unspecified atom stereocenters. The molecule has 0 bridgehead atoms. The molecule has 4 N–H and O–H groups in total. The van der Waals surface area contributed by atoms with Crippen LogP contribution < -0.4 is 16.2 Å². The van der Waals surface area contributed by atoms with Crippen LogP contribution in [0.3, 0.4) is 0 Å². The second-order valence-electron chi connectivity index (χ2n) is 8.14. The zero-order chi connectivity index (χ0) is 27.4. The van der Waals surface area contributed by atoms with Gasteiger partial charge in [-0.1, -0.05) is 77.1 Å². The lowest BCUT2D eigenvalue weighted by Gasteiger charge is -2.26. The van der Waals surface area contributed by atoms with Crippen LogP contribution in [0.5, 0.6) is 5.75 Å². The highest BCUT2D eigenvalue weighted by molar-refractivity contribution is 5.39. The summed E-state index contributed by atoms with van der Waals surface area (Å²) in [6.45, 7) is 18.8. The molecular weight excluding hydrogens is 444 g/mol. The highest BCUT2D eigenvalue weighted by Crippen LogP contribution is 2.32. The molecule has 1 aromatic rings. The van der Waals surface area contributed by atoms with Crippen molar-refractivity contribution in [2.24, 2.45) is 11.5 Å².